The summed E-state index contributed by atoms with van der Waals surface area (Å²) in [6.45, 7) is 2.73. The normalized spacial score (nSPS) is 23.5. The number of carbonyl (C=O) groups is 1. The van der Waals surface area contributed by atoms with E-state index in [4.69, 9.17) is 0 Å². The lowest BCUT2D eigenvalue weighted by Crippen LogP contribution is -2.47. The van der Waals surface area contributed by atoms with Gasteiger partial charge in [0, 0.05) is 42.7 Å². The van der Waals surface area contributed by atoms with Crippen molar-refractivity contribution in [1.82, 2.24) is 24.2 Å². The van der Waals surface area contributed by atoms with Gasteiger partial charge in [0.05, 0.1) is 16.8 Å². The first kappa shape index (κ1) is 27.5. The number of Topliss-reactive ketones (excluding diaryl/α,β-unsaturated/α-hetero) is 1. The molecule has 0 amide bonds. The van der Waals surface area contributed by atoms with Crippen LogP contribution in [-0.4, -0.2) is 43.1 Å². The molecule has 6 rings (SSSR count). The molecule has 2 aromatic heterocycles. The van der Waals surface area contributed by atoms with E-state index in [-0.39, 0.29) is 36.0 Å². The number of aromatic nitrogens is 3. The highest BCUT2D eigenvalue weighted by Gasteiger charge is 2.55. The van der Waals surface area contributed by atoms with Crippen LogP contribution < -0.4 is 5.32 Å². The standard InChI is InChI=1S/C29H28F4N6OS/c1-3-38-13-11-26(36-38)41-37(2)22-9-4-18-14-23(35-21-7-5-20(30)6-8-21)25-17-28(18,16-22)27(40)24-15-19(10-12-34-24)29(31,32)39(25)33/h5-8,10-15,22,35H,3-4,9,16-17H2,1-2H3. The van der Waals surface area contributed by atoms with Crippen molar-refractivity contribution in [1.29, 1.82) is 0 Å². The molecule has 0 saturated heterocycles. The number of pyridine rings is 1. The topological polar surface area (TPSA) is 66.3 Å². The van der Waals surface area contributed by atoms with Crippen LogP contribution in [0.5, 0.6) is 0 Å². The molecule has 3 aliphatic rings. The maximum Gasteiger partial charge on any atom is 0.377 e. The smallest absolute Gasteiger partial charge is 0.354 e. The molecule has 12 heteroatoms. The number of rotatable bonds is 6. The highest BCUT2D eigenvalue weighted by atomic mass is 32.2. The largest absolute Gasteiger partial charge is 0.377 e. The summed E-state index contributed by atoms with van der Waals surface area (Å²) in [5, 5.41) is 7.79. The highest BCUT2D eigenvalue weighted by molar-refractivity contribution is 7.97. The number of nitrogens with one attached hydrogen (secondary N) is 1. The zero-order chi connectivity index (χ0) is 28.9. The number of aryl methyl sites for hydroxylation is 1. The van der Waals surface area contributed by atoms with Crippen LogP contribution in [0.2, 0.25) is 0 Å². The second kappa shape index (κ2) is 10.3. The third kappa shape index (κ3) is 4.82. The van der Waals surface area contributed by atoms with Crippen LogP contribution in [0.1, 0.15) is 48.7 Å². The minimum absolute atomic E-state index is 0.103. The van der Waals surface area contributed by atoms with E-state index in [1.54, 1.807) is 6.08 Å². The van der Waals surface area contributed by atoms with Gasteiger partial charge in [-0.15, -0.1) is 5.12 Å². The average molecular weight is 585 g/mol. The number of fused-ring (bicyclic) bond motifs is 3. The average Bonchev–Trinajstić information content (AvgIpc) is 3.44. The van der Waals surface area contributed by atoms with Gasteiger partial charge in [-0.25, -0.2) is 8.70 Å². The number of benzene rings is 1. The van der Waals surface area contributed by atoms with E-state index in [0.717, 1.165) is 35.5 Å². The van der Waals surface area contributed by atoms with E-state index in [0.29, 0.717) is 18.5 Å². The molecule has 214 valence electrons. The van der Waals surface area contributed by atoms with Crippen LogP contribution in [0.15, 0.2) is 82.9 Å². The van der Waals surface area contributed by atoms with Gasteiger partial charge in [0.1, 0.15) is 16.5 Å². The molecule has 41 heavy (non-hydrogen) atoms. The number of alkyl halides is 2. The van der Waals surface area contributed by atoms with Crippen LogP contribution in [0.25, 0.3) is 0 Å². The summed E-state index contributed by atoms with van der Waals surface area (Å²) in [6, 6.07) is 5.08. The zero-order valence-corrected chi connectivity index (χ0v) is 23.3. The first-order valence-electron chi connectivity index (χ1n) is 13.4. The van der Waals surface area contributed by atoms with Crippen molar-refractivity contribution < 1.29 is 22.4 Å². The van der Waals surface area contributed by atoms with Gasteiger partial charge in [-0.3, -0.25) is 14.5 Å². The maximum atomic E-state index is 16.0. The minimum atomic E-state index is -4.06. The van der Waals surface area contributed by atoms with Gasteiger partial charge in [0.2, 0.25) is 0 Å². The van der Waals surface area contributed by atoms with Crippen LogP contribution in [0.4, 0.5) is 23.3 Å². The fourth-order valence-electron chi connectivity index (χ4n) is 5.89. The molecular formula is C29H28F4N6OS. The molecule has 2 aliphatic carbocycles. The summed E-state index contributed by atoms with van der Waals surface area (Å²) < 4.78 is 64.5. The zero-order valence-electron chi connectivity index (χ0n) is 22.5. The summed E-state index contributed by atoms with van der Waals surface area (Å²) in [5.74, 6) is -0.872. The molecule has 1 N–H and O–H groups in total. The summed E-state index contributed by atoms with van der Waals surface area (Å²) in [4.78, 5) is 18.4. The van der Waals surface area contributed by atoms with E-state index < -0.39 is 33.7 Å². The van der Waals surface area contributed by atoms with Gasteiger partial charge >= 0.3 is 6.05 Å². The van der Waals surface area contributed by atoms with Gasteiger partial charge < -0.3 is 5.32 Å². The Bertz CT molecular complexity index is 1550. The Kier molecular flexibility index (Phi) is 6.93. The number of nitrogens with zero attached hydrogens (tertiary/aromatic N) is 5. The Morgan fingerprint density at radius 1 is 1.20 bits per heavy atom. The SMILES string of the molecule is CCn1ccc(SN(C)C2CCC3=CC(Nc4ccc(F)cc4)=C4CC3(C2)C(=O)c2cc(ccn2)C(F)(F)N4F)n1. The summed E-state index contributed by atoms with van der Waals surface area (Å²) >= 11 is 1.45. The second-order valence-corrected chi connectivity index (χ2v) is 11.7. The Morgan fingerprint density at radius 3 is 2.71 bits per heavy atom. The summed E-state index contributed by atoms with van der Waals surface area (Å²) in [5.41, 5.74) is -1.17. The first-order valence-corrected chi connectivity index (χ1v) is 14.1. The van der Waals surface area contributed by atoms with Crippen molar-refractivity contribution in [3.63, 3.8) is 0 Å². The van der Waals surface area contributed by atoms with Gasteiger partial charge in [-0.1, -0.05) is 10.1 Å². The molecule has 4 bridgehead atoms. The molecule has 1 spiro atoms. The van der Waals surface area contributed by atoms with Crippen molar-refractivity contribution in [3.8, 4) is 0 Å². The van der Waals surface area contributed by atoms with Gasteiger partial charge in [-0.2, -0.15) is 13.9 Å². The first-order chi connectivity index (χ1) is 19.6. The van der Waals surface area contributed by atoms with Crippen molar-refractivity contribution in [2.75, 3.05) is 12.4 Å². The van der Waals surface area contributed by atoms with E-state index >= 15 is 13.3 Å². The Labute approximate surface area is 239 Å². The lowest BCUT2D eigenvalue weighted by molar-refractivity contribution is -0.226. The van der Waals surface area contributed by atoms with Crippen LogP contribution in [-0.2, 0) is 12.6 Å². The van der Waals surface area contributed by atoms with E-state index in [2.05, 4.69) is 15.4 Å². The number of hydrogen-bond acceptors (Lipinski definition) is 7. The predicted molar refractivity (Wildman–Crippen MR) is 147 cm³/mol. The van der Waals surface area contributed by atoms with Gasteiger partial charge in [0.25, 0.3) is 0 Å². The minimum Gasteiger partial charge on any atom is -0.354 e. The number of anilines is 1. The fraction of sp³-hybridized carbons (Fsp3) is 0.345. The molecule has 2 atom stereocenters. The molecule has 3 aromatic rings. The lowest BCUT2D eigenvalue weighted by Gasteiger charge is -2.47. The van der Waals surface area contributed by atoms with Crippen molar-refractivity contribution >= 4 is 23.4 Å². The number of hydrogen-bond donors (Lipinski definition) is 1. The molecule has 3 heterocycles. The Hall–Kier alpha value is -3.64. The number of halogens is 4. The van der Waals surface area contributed by atoms with E-state index in [1.165, 1.54) is 36.2 Å². The number of carbonyl (C=O) groups excluding carboxylic acids is 1. The van der Waals surface area contributed by atoms with Crippen LogP contribution in [0.3, 0.4) is 0 Å². The lowest BCUT2D eigenvalue weighted by atomic mass is 9.61. The molecule has 1 aliphatic heterocycles. The molecule has 1 aromatic carbocycles. The second-order valence-electron chi connectivity index (χ2n) is 10.5. The molecule has 1 saturated carbocycles. The molecule has 2 unspecified atom stereocenters. The molecular weight excluding hydrogens is 556 g/mol. The number of allylic oxidation sites excluding steroid dienone is 3. The monoisotopic (exact) mass is 584 g/mol. The third-order valence-corrected chi connectivity index (χ3v) is 9.11. The van der Waals surface area contributed by atoms with Crippen molar-refractivity contribution in [2.45, 2.75) is 56.3 Å². The van der Waals surface area contributed by atoms with Gasteiger partial charge in [0.15, 0.2) is 5.78 Å². The van der Waals surface area contributed by atoms with Crippen LogP contribution in [0, 0.1) is 11.2 Å². The summed E-state index contributed by atoms with van der Waals surface area (Å²) in [7, 11) is 1.92. The van der Waals surface area contributed by atoms with Crippen molar-refractivity contribution in [3.05, 3.63) is 95.0 Å². The van der Waals surface area contributed by atoms with Crippen molar-refractivity contribution in [2.24, 2.45) is 5.41 Å². The quantitative estimate of drug-likeness (QED) is 0.150. The highest BCUT2D eigenvalue weighted by Crippen LogP contribution is 2.55. The maximum absolute atomic E-state index is 16.0. The molecule has 0 radical (unpaired) electrons. The molecule has 7 nitrogen and oxygen atoms in total. The van der Waals surface area contributed by atoms with E-state index in [9.17, 15) is 9.18 Å². The van der Waals surface area contributed by atoms with Crippen LogP contribution >= 0.6 is 11.9 Å². The third-order valence-electron chi connectivity index (χ3n) is 8.12. The van der Waals surface area contributed by atoms with E-state index in [1.807, 2.05) is 35.2 Å². The Balaban J connectivity index is 1.42. The van der Waals surface area contributed by atoms with Gasteiger partial charge in [-0.05, 0) is 93.7 Å². The predicted octanol–water partition coefficient (Wildman–Crippen LogP) is 6.70. The summed E-state index contributed by atoms with van der Waals surface area (Å²) in [6.07, 6.45) is 5.82. The number of ketones is 1. The Morgan fingerprint density at radius 2 is 1.98 bits per heavy atom. The molecule has 1 fully saturated rings. The fourth-order valence-corrected chi connectivity index (χ4v) is 6.78.